The van der Waals surface area contributed by atoms with E-state index in [4.69, 9.17) is 5.73 Å². The Balaban J connectivity index is 1.54. The fourth-order valence-electron chi connectivity index (χ4n) is 3.48. The van der Waals surface area contributed by atoms with Crippen molar-refractivity contribution in [1.82, 2.24) is 4.90 Å². The molecule has 1 atom stereocenters. The van der Waals surface area contributed by atoms with Gasteiger partial charge >= 0.3 is 0 Å². The molecule has 0 aromatic heterocycles. The zero-order valence-corrected chi connectivity index (χ0v) is 13.9. The fraction of sp³-hybridized carbons (Fsp3) is 0.450. The first-order valence-electron chi connectivity index (χ1n) is 8.64. The Hall–Kier alpha value is -1.87. The van der Waals surface area contributed by atoms with Gasteiger partial charge in [-0.25, -0.2) is 0 Å². The molecular formula is C20H26N2O. The van der Waals surface area contributed by atoms with Gasteiger partial charge in [-0.3, -0.25) is 4.79 Å². The highest BCUT2D eigenvalue weighted by Gasteiger charge is 2.24. The second-order valence-electron chi connectivity index (χ2n) is 6.76. The molecular weight excluding hydrogens is 284 g/mol. The van der Waals surface area contributed by atoms with Crippen LogP contribution in [-0.4, -0.2) is 29.9 Å². The minimum absolute atomic E-state index is 0.241. The molecule has 0 saturated carbocycles. The van der Waals surface area contributed by atoms with Crippen molar-refractivity contribution < 1.29 is 4.79 Å². The summed E-state index contributed by atoms with van der Waals surface area (Å²) < 4.78 is 0. The second kappa shape index (κ2) is 7.14. The normalized spacial score (nSPS) is 17.4. The summed E-state index contributed by atoms with van der Waals surface area (Å²) in [5, 5.41) is 2.50. The van der Waals surface area contributed by atoms with Crippen LogP contribution in [0.15, 0.2) is 42.5 Å². The minimum Gasteiger partial charge on any atom is -0.343 e. The van der Waals surface area contributed by atoms with Crippen molar-refractivity contribution >= 4 is 16.7 Å². The van der Waals surface area contributed by atoms with Crippen LogP contribution in [0.4, 0.5) is 0 Å². The summed E-state index contributed by atoms with van der Waals surface area (Å²) in [6.07, 6.45) is 3.50. The number of rotatable bonds is 4. The lowest BCUT2D eigenvalue weighted by Crippen LogP contribution is -2.42. The molecule has 122 valence electrons. The summed E-state index contributed by atoms with van der Waals surface area (Å²) in [4.78, 5) is 14.4. The zero-order valence-electron chi connectivity index (χ0n) is 13.9. The molecule has 0 radical (unpaired) electrons. The van der Waals surface area contributed by atoms with Gasteiger partial charge in [-0.1, -0.05) is 42.5 Å². The summed E-state index contributed by atoms with van der Waals surface area (Å²) in [6.45, 7) is 3.80. The number of piperidine rings is 1. The van der Waals surface area contributed by atoms with Crippen LogP contribution in [0.3, 0.4) is 0 Å². The maximum atomic E-state index is 12.4. The molecule has 1 saturated heterocycles. The smallest absolute Gasteiger partial charge is 0.222 e. The summed E-state index contributed by atoms with van der Waals surface area (Å²) in [5.41, 5.74) is 7.20. The molecule has 0 aliphatic carbocycles. The van der Waals surface area contributed by atoms with Crippen LogP contribution >= 0.6 is 0 Å². The average molecular weight is 310 g/mol. The Morgan fingerprint density at radius 2 is 1.87 bits per heavy atom. The van der Waals surface area contributed by atoms with Gasteiger partial charge in [0.05, 0.1) is 0 Å². The van der Waals surface area contributed by atoms with E-state index in [-0.39, 0.29) is 11.9 Å². The number of carbonyl (C=O) groups excluding carboxylic acids is 1. The number of hydrogen-bond donors (Lipinski definition) is 1. The molecule has 0 spiro atoms. The monoisotopic (exact) mass is 310 g/mol. The van der Waals surface area contributed by atoms with Crippen LogP contribution in [0.1, 0.15) is 31.7 Å². The first kappa shape index (κ1) is 16.0. The number of hydrogen-bond acceptors (Lipinski definition) is 2. The van der Waals surface area contributed by atoms with E-state index in [1.165, 1.54) is 16.3 Å². The number of carbonyl (C=O) groups is 1. The lowest BCUT2D eigenvalue weighted by molar-refractivity contribution is -0.132. The van der Waals surface area contributed by atoms with E-state index >= 15 is 0 Å². The van der Waals surface area contributed by atoms with E-state index < -0.39 is 0 Å². The molecule has 2 N–H and O–H groups in total. The Morgan fingerprint density at radius 1 is 1.17 bits per heavy atom. The van der Waals surface area contributed by atoms with E-state index in [9.17, 15) is 4.79 Å². The summed E-state index contributed by atoms with van der Waals surface area (Å²) in [7, 11) is 0. The fourth-order valence-corrected chi connectivity index (χ4v) is 3.48. The van der Waals surface area contributed by atoms with Crippen molar-refractivity contribution in [1.29, 1.82) is 0 Å². The highest BCUT2D eigenvalue weighted by Crippen LogP contribution is 2.21. The predicted octanol–water partition coefficient (Wildman–Crippen LogP) is 3.36. The maximum absolute atomic E-state index is 12.4. The van der Waals surface area contributed by atoms with Gasteiger partial charge in [0, 0.05) is 25.6 Å². The molecule has 1 aliphatic rings. The van der Waals surface area contributed by atoms with Gasteiger partial charge in [-0.05, 0) is 48.4 Å². The van der Waals surface area contributed by atoms with Gasteiger partial charge in [0.1, 0.15) is 0 Å². The molecule has 1 aliphatic heterocycles. The third-order valence-electron chi connectivity index (χ3n) is 5.08. The molecule has 2 aromatic carbocycles. The highest BCUT2D eigenvalue weighted by atomic mass is 16.2. The third-order valence-corrected chi connectivity index (χ3v) is 5.08. The Labute approximate surface area is 138 Å². The lowest BCUT2D eigenvalue weighted by Gasteiger charge is -2.33. The number of benzene rings is 2. The van der Waals surface area contributed by atoms with Crippen LogP contribution in [0, 0.1) is 5.92 Å². The predicted molar refractivity (Wildman–Crippen MR) is 95.2 cm³/mol. The summed E-state index contributed by atoms with van der Waals surface area (Å²) in [6, 6.07) is 15.1. The SMILES string of the molecule is CC(N)C1CCN(C(=O)CCc2ccc3ccccc3c2)CC1. The molecule has 1 amide bonds. The average Bonchev–Trinajstić information content (AvgIpc) is 2.59. The molecule has 1 heterocycles. The molecule has 3 rings (SSSR count). The Morgan fingerprint density at radius 3 is 2.57 bits per heavy atom. The first-order valence-corrected chi connectivity index (χ1v) is 8.64. The molecule has 3 heteroatoms. The van der Waals surface area contributed by atoms with Crippen LogP contribution in [0.2, 0.25) is 0 Å². The number of likely N-dealkylation sites (tertiary alicyclic amines) is 1. The van der Waals surface area contributed by atoms with Crippen molar-refractivity contribution in [2.75, 3.05) is 13.1 Å². The van der Waals surface area contributed by atoms with Crippen LogP contribution in [-0.2, 0) is 11.2 Å². The zero-order chi connectivity index (χ0) is 16.2. The van der Waals surface area contributed by atoms with E-state index in [0.29, 0.717) is 12.3 Å². The van der Waals surface area contributed by atoms with Crippen molar-refractivity contribution in [3.63, 3.8) is 0 Å². The van der Waals surface area contributed by atoms with Crippen LogP contribution in [0.5, 0.6) is 0 Å². The Bertz CT molecular complexity index is 672. The van der Waals surface area contributed by atoms with Crippen LogP contribution < -0.4 is 5.73 Å². The van der Waals surface area contributed by atoms with E-state index in [1.807, 2.05) is 4.90 Å². The van der Waals surface area contributed by atoms with Gasteiger partial charge in [0.15, 0.2) is 0 Å². The Kier molecular flexibility index (Phi) is 4.97. The number of amides is 1. The van der Waals surface area contributed by atoms with Gasteiger partial charge in [-0.15, -0.1) is 0 Å². The van der Waals surface area contributed by atoms with Crippen molar-refractivity contribution in [3.8, 4) is 0 Å². The standard InChI is InChI=1S/C20H26N2O/c1-15(21)17-10-12-22(13-11-17)20(23)9-7-16-6-8-18-4-2-3-5-19(18)14-16/h2-6,8,14-15,17H,7,9-13,21H2,1H3. The first-order chi connectivity index (χ1) is 11.1. The van der Waals surface area contributed by atoms with Crippen molar-refractivity contribution in [2.45, 2.75) is 38.6 Å². The van der Waals surface area contributed by atoms with E-state index in [0.717, 1.165) is 32.4 Å². The van der Waals surface area contributed by atoms with Gasteiger partial charge in [0.25, 0.3) is 0 Å². The van der Waals surface area contributed by atoms with Gasteiger partial charge < -0.3 is 10.6 Å². The molecule has 1 fully saturated rings. The number of nitrogens with two attached hydrogens (primary N) is 1. The number of aryl methyl sites for hydroxylation is 1. The second-order valence-corrected chi connectivity index (χ2v) is 6.76. The summed E-state index contributed by atoms with van der Waals surface area (Å²) >= 11 is 0. The molecule has 3 nitrogen and oxygen atoms in total. The molecule has 0 bridgehead atoms. The molecule has 23 heavy (non-hydrogen) atoms. The largest absolute Gasteiger partial charge is 0.343 e. The van der Waals surface area contributed by atoms with Crippen molar-refractivity contribution in [2.24, 2.45) is 11.7 Å². The summed E-state index contributed by atoms with van der Waals surface area (Å²) in [5.74, 6) is 0.848. The maximum Gasteiger partial charge on any atom is 0.222 e. The van der Waals surface area contributed by atoms with Gasteiger partial charge in [-0.2, -0.15) is 0 Å². The lowest BCUT2D eigenvalue weighted by atomic mass is 9.91. The number of fused-ring (bicyclic) bond motifs is 1. The van der Waals surface area contributed by atoms with Gasteiger partial charge in [0.2, 0.25) is 5.91 Å². The quantitative estimate of drug-likeness (QED) is 0.941. The highest BCUT2D eigenvalue weighted by molar-refractivity contribution is 5.83. The molecule has 1 unspecified atom stereocenters. The number of nitrogens with zero attached hydrogens (tertiary/aromatic N) is 1. The minimum atomic E-state index is 0.241. The van der Waals surface area contributed by atoms with Crippen molar-refractivity contribution in [3.05, 3.63) is 48.0 Å². The topological polar surface area (TPSA) is 46.3 Å². The van der Waals surface area contributed by atoms with E-state index in [2.05, 4.69) is 49.4 Å². The van der Waals surface area contributed by atoms with Crippen LogP contribution in [0.25, 0.3) is 10.8 Å². The molecule has 2 aromatic rings. The van der Waals surface area contributed by atoms with E-state index in [1.54, 1.807) is 0 Å². The third kappa shape index (κ3) is 3.91.